The predicted molar refractivity (Wildman–Crippen MR) is 68.0 cm³/mol. The van der Waals surface area contributed by atoms with E-state index in [0.717, 1.165) is 16.9 Å². The lowest BCUT2D eigenvalue weighted by atomic mass is 10.1. The van der Waals surface area contributed by atoms with E-state index in [1.165, 1.54) is 0 Å². The van der Waals surface area contributed by atoms with Crippen LogP contribution in [0.2, 0.25) is 0 Å². The molecule has 0 unspecified atom stereocenters. The largest absolute Gasteiger partial charge is 0.497 e. The van der Waals surface area contributed by atoms with Gasteiger partial charge in [-0.15, -0.1) is 0 Å². The third kappa shape index (κ3) is 4.72. The van der Waals surface area contributed by atoms with Crippen molar-refractivity contribution in [2.24, 2.45) is 0 Å². The maximum Gasteiger partial charge on any atom is 0.309 e. The molecule has 0 spiro atoms. The second-order valence-corrected chi connectivity index (χ2v) is 3.70. The molecular formula is C14H18O3. The number of benzene rings is 1. The van der Waals surface area contributed by atoms with E-state index in [4.69, 9.17) is 9.47 Å². The molecule has 1 aromatic carbocycles. The van der Waals surface area contributed by atoms with Crippen LogP contribution in [0.25, 0.3) is 6.08 Å². The lowest BCUT2D eigenvalue weighted by molar-refractivity contribution is -0.142. The van der Waals surface area contributed by atoms with Gasteiger partial charge in [0.1, 0.15) is 5.75 Å². The molecule has 3 nitrogen and oxygen atoms in total. The van der Waals surface area contributed by atoms with Crippen molar-refractivity contribution in [3.63, 3.8) is 0 Å². The highest BCUT2D eigenvalue weighted by molar-refractivity contribution is 5.72. The molecule has 17 heavy (non-hydrogen) atoms. The standard InChI is InChI=1S/C14H18O3/c1-4-17-14(15)7-5-6-12-8-11(2)9-13(10-12)16-3/h5-6,8-10H,4,7H2,1-3H3. The fourth-order valence-electron chi connectivity index (χ4n) is 1.50. The monoisotopic (exact) mass is 234 g/mol. The van der Waals surface area contributed by atoms with E-state index in [1.807, 2.05) is 31.2 Å². The first-order chi connectivity index (χ1) is 8.15. The van der Waals surface area contributed by atoms with Crippen LogP contribution in [-0.2, 0) is 9.53 Å². The van der Waals surface area contributed by atoms with Crippen LogP contribution in [-0.4, -0.2) is 19.7 Å². The zero-order chi connectivity index (χ0) is 12.7. The molecule has 3 heteroatoms. The number of methoxy groups -OCH3 is 1. The second-order valence-electron chi connectivity index (χ2n) is 3.70. The number of hydrogen-bond donors (Lipinski definition) is 0. The highest BCUT2D eigenvalue weighted by atomic mass is 16.5. The smallest absolute Gasteiger partial charge is 0.309 e. The van der Waals surface area contributed by atoms with Gasteiger partial charge >= 0.3 is 5.97 Å². The summed E-state index contributed by atoms with van der Waals surface area (Å²) in [5, 5.41) is 0. The molecule has 0 aliphatic carbocycles. The Labute approximate surface area is 102 Å². The molecule has 0 radical (unpaired) electrons. The van der Waals surface area contributed by atoms with Crippen molar-refractivity contribution in [2.75, 3.05) is 13.7 Å². The molecule has 0 amide bonds. The molecule has 0 atom stereocenters. The van der Waals surface area contributed by atoms with Crippen LogP contribution in [0.15, 0.2) is 24.3 Å². The van der Waals surface area contributed by atoms with Gasteiger partial charge in [-0.2, -0.15) is 0 Å². The van der Waals surface area contributed by atoms with E-state index in [1.54, 1.807) is 20.1 Å². The summed E-state index contributed by atoms with van der Waals surface area (Å²) >= 11 is 0. The molecule has 1 rings (SSSR count). The van der Waals surface area contributed by atoms with E-state index in [-0.39, 0.29) is 5.97 Å². The Morgan fingerprint density at radius 2 is 2.12 bits per heavy atom. The summed E-state index contributed by atoms with van der Waals surface area (Å²) in [5.41, 5.74) is 2.14. The van der Waals surface area contributed by atoms with Crippen LogP contribution in [0.5, 0.6) is 5.75 Å². The van der Waals surface area contributed by atoms with Gasteiger partial charge in [-0.05, 0) is 37.1 Å². The minimum Gasteiger partial charge on any atom is -0.497 e. The normalized spacial score (nSPS) is 10.5. The SMILES string of the molecule is CCOC(=O)CC=Cc1cc(C)cc(OC)c1. The number of aryl methyl sites for hydroxylation is 1. The molecule has 0 aliphatic rings. The van der Waals surface area contributed by atoms with E-state index >= 15 is 0 Å². The van der Waals surface area contributed by atoms with Gasteiger partial charge in [0.2, 0.25) is 0 Å². The van der Waals surface area contributed by atoms with Crippen LogP contribution >= 0.6 is 0 Å². The van der Waals surface area contributed by atoms with E-state index in [9.17, 15) is 4.79 Å². The maximum atomic E-state index is 11.1. The maximum absolute atomic E-state index is 11.1. The van der Waals surface area contributed by atoms with Crippen molar-refractivity contribution < 1.29 is 14.3 Å². The first-order valence-corrected chi connectivity index (χ1v) is 5.63. The Morgan fingerprint density at radius 3 is 2.76 bits per heavy atom. The lowest BCUT2D eigenvalue weighted by Gasteiger charge is -2.03. The Bertz CT molecular complexity index is 408. The molecule has 0 N–H and O–H groups in total. The fourth-order valence-corrected chi connectivity index (χ4v) is 1.50. The molecule has 0 aliphatic heterocycles. The number of esters is 1. The van der Waals surface area contributed by atoms with Crippen LogP contribution in [0, 0.1) is 6.92 Å². The Kier molecular flexibility index (Phi) is 5.27. The highest BCUT2D eigenvalue weighted by Gasteiger charge is 1.98. The average Bonchev–Trinajstić information content (AvgIpc) is 2.28. The average molecular weight is 234 g/mol. The van der Waals surface area contributed by atoms with Crippen LogP contribution < -0.4 is 4.74 Å². The highest BCUT2D eigenvalue weighted by Crippen LogP contribution is 2.17. The minimum atomic E-state index is -0.205. The fraction of sp³-hybridized carbons (Fsp3) is 0.357. The van der Waals surface area contributed by atoms with Crippen molar-refractivity contribution in [2.45, 2.75) is 20.3 Å². The third-order valence-corrected chi connectivity index (χ3v) is 2.21. The first kappa shape index (κ1) is 13.3. The van der Waals surface area contributed by atoms with Crippen LogP contribution in [0.4, 0.5) is 0 Å². The second kappa shape index (κ2) is 6.74. The number of carbonyl (C=O) groups is 1. The van der Waals surface area contributed by atoms with Gasteiger partial charge in [0.05, 0.1) is 20.1 Å². The zero-order valence-corrected chi connectivity index (χ0v) is 10.5. The topological polar surface area (TPSA) is 35.5 Å². The van der Waals surface area contributed by atoms with Crippen LogP contribution in [0.1, 0.15) is 24.5 Å². The molecule has 1 aromatic rings. The molecule has 0 aromatic heterocycles. The number of hydrogen-bond acceptors (Lipinski definition) is 3. The van der Waals surface area contributed by atoms with Crippen molar-refractivity contribution in [3.05, 3.63) is 35.4 Å². The molecule has 0 bridgehead atoms. The quantitative estimate of drug-likeness (QED) is 0.735. The number of carbonyl (C=O) groups excluding carboxylic acids is 1. The number of rotatable bonds is 5. The van der Waals surface area contributed by atoms with Gasteiger partial charge in [-0.25, -0.2) is 0 Å². The van der Waals surface area contributed by atoms with E-state index in [2.05, 4.69) is 0 Å². The van der Waals surface area contributed by atoms with Crippen molar-refractivity contribution in [1.82, 2.24) is 0 Å². The summed E-state index contributed by atoms with van der Waals surface area (Å²) < 4.78 is 10.0. The first-order valence-electron chi connectivity index (χ1n) is 5.63. The van der Waals surface area contributed by atoms with E-state index < -0.39 is 0 Å². The summed E-state index contributed by atoms with van der Waals surface area (Å²) in [4.78, 5) is 11.1. The van der Waals surface area contributed by atoms with Crippen molar-refractivity contribution >= 4 is 12.0 Å². The molecular weight excluding hydrogens is 216 g/mol. The van der Waals surface area contributed by atoms with Gasteiger partial charge < -0.3 is 9.47 Å². The molecule has 0 saturated carbocycles. The minimum absolute atomic E-state index is 0.205. The van der Waals surface area contributed by atoms with Gasteiger partial charge in [0.25, 0.3) is 0 Å². The Hall–Kier alpha value is -1.77. The Morgan fingerprint density at radius 1 is 1.35 bits per heavy atom. The lowest BCUT2D eigenvalue weighted by Crippen LogP contribution is -2.01. The molecule has 0 saturated heterocycles. The summed E-state index contributed by atoms with van der Waals surface area (Å²) in [6.07, 6.45) is 3.99. The van der Waals surface area contributed by atoms with Gasteiger partial charge in [-0.1, -0.05) is 18.2 Å². The predicted octanol–water partition coefficient (Wildman–Crippen LogP) is 2.97. The summed E-state index contributed by atoms with van der Waals surface area (Å²) in [6, 6.07) is 5.92. The van der Waals surface area contributed by atoms with Crippen molar-refractivity contribution in [3.8, 4) is 5.75 Å². The zero-order valence-electron chi connectivity index (χ0n) is 10.5. The molecule has 0 fully saturated rings. The molecule has 0 heterocycles. The third-order valence-electron chi connectivity index (χ3n) is 2.21. The number of ether oxygens (including phenoxy) is 2. The summed E-state index contributed by atoms with van der Waals surface area (Å²) in [7, 11) is 1.64. The van der Waals surface area contributed by atoms with Gasteiger partial charge in [0, 0.05) is 0 Å². The van der Waals surface area contributed by atoms with Gasteiger partial charge in [-0.3, -0.25) is 4.79 Å². The van der Waals surface area contributed by atoms with Gasteiger partial charge in [0.15, 0.2) is 0 Å². The summed E-state index contributed by atoms with van der Waals surface area (Å²) in [6.45, 7) is 4.23. The van der Waals surface area contributed by atoms with Crippen LogP contribution in [0.3, 0.4) is 0 Å². The van der Waals surface area contributed by atoms with E-state index in [0.29, 0.717) is 13.0 Å². The Balaban J connectivity index is 2.64. The van der Waals surface area contributed by atoms with Crippen molar-refractivity contribution in [1.29, 1.82) is 0 Å². The molecule has 92 valence electrons. The summed E-state index contributed by atoms with van der Waals surface area (Å²) in [5.74, 6) is 0.615.